The van der Waals surface area contributed by atoms with Gasteiger partial charge in [0, 0.05) is 6.54 Å². The van der Waals surface area contributed by atoms with Gasteiger partial charge in [0.2, 0.25) is 5.91 Å². The van der Waals surface area contributed by atoms with Crippen LogP contribution in [0.3, 0.4) is 0 Å². The van der Waals surface area contributed by atoms with Crippen LogP contribution < -0.4 is 11.1 Å². The van der Waals surface area contributed by atoms with E-state index >= 15 is 0 Å². The molecule has 1 aromatic carbocycles. The third kappa shape index (κ3) is 4.49. The molecule has 3 nitrogen and oxygen atoms in total. The Bertz CT molecular complexity index is 393. The minimum atomic E-state index is -0.413. The van der Waals surface area contributed by atoms with E-state index in [1.54, 1.807) is 0 Å². The summed E-state index contributed by atoms with van der Waals surface area (Å²) in [7, 11) is 0. The van der Waals surface area contributed by atoms with E-state index < -0.39 is 6.04 Å². The van der Waals surface area contributed by atoms with Gasteiger partial charge in [-0.3, -0.25) is 4.79 Å². The number of hydrogen-bond acceptors (Lipinski definition) is 2. The first-order chi connectivity index (χ1) is 8.40. The number of nitrogens with two attached hydrogens (primary N) is 1. The fraction of sp³-hybridized carbons (Fsp3) is 0.533. The highest BCUT2D eigenvalue weighted by atomic mass is 16.2. The molecule has 1 atom stereocenters. The lowest BCUT2D eigenvalue weighted by atomic mass is 10.0. The number of hydrogen-bond donors (Lipinski definition) is 2. The fourth-order valence-electron chi connectivity index (χ4n) is 1.96. The summed E-state index contributed by atoms with van der Waals surface area (Å²) in [6.45, 7) is 8.72. The quantitative estimate of drug-likeness (QED) is 0.836. The highest BCUT2D eigenvalue weighted by molar-refractivity contribution is 5.81. The Morgan fingerprint density at radius 2 is 1.78 bits per heavy atom. The van der Waals surface area contributed by atoms with E-state index in [1.165, 1.54) is 16.7 Å². The second kappa shape index (κ2) is 6.55. The van der Waals surface area contributed by atoms with Crippen LogP contribution in [0.25, 0.3) is 0 Å². The van der Waals surface area contributed by atoms with E-state index in [9.17, 15) is 4.79 Å². The zero-order chi connectivity index (χ0) is 13.7. The van der Waals surface area contributed by atoms with Crippen molar-refractivity contribution < 1.29 is 4.79 Å². The van der Waals surface area contributed by atoms with E-state index in [0.717, 1.165) is 6.42 Å². The fourth-order valence-corrected chi connectivity index (χ4v) is 1.96. The molecule has 0 saturated carbocycles. The number of nitrogens with one attached hydrogen (secondary N) is 1. The normalized spacial score (nSPS) is 12.6. The Kier molecular flexibility index (Phi) is 5.35. The number of rotatable bonds is 5. The van der Waals surface area contributed by atoms with Crippen LogP contribution in [0, 0.1) is 19.8 Å². The molecular weight excluding hydrogens is 224 g/mol. The lowest BCUT2D eigenvalue weighted by Crippen LogP contribution is -2.44. The van der Waals surface area contributed by atoms with Crippen LogP contribution in [-0.2, 0) is 11.2 Å². The molecule has 3 heteroatoms. The van der Waals surface area contributed by atoms with Gasteiger partial charge < -0.3 is 11.1 Å². The maximum atomic E-state index is 11.7. The van der Waals surface area contributed by atoms with Crippen molar-refractivity contribution in [3.8, 4) is 0 Å². The second-order valence-corrected chi connectivity index (χ2v) is 5.31. The van der Waals surface area contributed by atoms with Crippen LogP contribution in [0.5, 0.6) is 0 Å². The van der Waals surface area contributed by atoms with Gasteiger partial charge in [-0.1, -0.05) is 43.2 Å². The predicted molar refractivity (Wildman–Crippen MR) is 75.4 cm³/mol. The molecular formula is C15H24N2O. The predicted octanol–water partition coefficient (Wildman–Crippen LogP) is 1.95. The van der Waals surface area contributed by atoms with Gasteiger partial charge in [-0.25, -0.2) is 0 Å². The van der Waals surface area contributed by atoms with Crippen molar-refractivity contribution in [1.29, 1.82) is 0 Å². The zero-order valence-corrected chi connectivity index (χ0v) is 11.8. The molecule has 0 spiro atoms. The summed E-state index contributed by atoms with van der Waals surface area (Å²) in [6.07, 6.45) is 0.846. The number of carbonyl (C=O) groups is 1. The van der Waals surface area contributed by atoms with E-state index in [1.807, 2.05) is 13.8 Å². The van der Waals surface area contributed by atoms with Gasteiger partial charge in [-0.05, 0) is 31.7 Å². The molecule has 18 heavy (non-hydrogen) atoms. The van der Waals surface area contributed by atoms with Crippen molar-refractivity contribution >= 4 is 5.91 Å². The number of benzene rings is 1. The first-order valence-electron chi connectivity index (χ1n) is 6.50. The third-order valence-corrected chi connectivity index (χ3v) is 3.02. The van der Waals surface area contributed by atoms with Gasteiger partial charge in [0.1, 0.15) is 0 Å². The Hall–Kier alpha value is -1.35. The summed E-state index contributed by atoms with van der Waals surface area (Å²) in [6, 6.07) is 6.05. The summed E-state index contributed by atoms with van der Waals surface area (Å²) in [5.74, 6) is 0.112. The molecule has 0 heterocycles. The van der Waals surface area contributed by atoms with E-state index in [0.29, 0.717) is 6.54 Å². The molecule has 0 radical (unpaired) electrons. The summed E-state index contributed by atoms with van der Waals surface area (Å²) >= 11 is 0. The van der Waals surface area contributed by atoms with Crippen LogP contribution >= 0.6 is 0 Å². The SMILES string of the molecule is Cc1cc(C)cc(CCNC(=O)[C@@H](N)C(C)C)c1. The van der Waals surface area contributed by atoms with Crippen LogP contribution in [0.4, 0.5) is 0 Å². The van der Waals surface area contributed by atoms with Crippen molar-refractivity contribution in [3.63, 3.8) is 0 Å². The maximum absolute atomic E-state index is 11.7. The molecule has 1 rings (SSSR count). The molecule has 3 N–H and O–H groups in total. The summed E-state index contributed by atoms with van der Waals surface area (Å²) in [4.78, 5) is 11.7. The van der Waals surface area contributed by atoms with Gasteiger partial charge in [-0.2, -0.15) is 0 Å². The highest BCUT2D eigenvalue weighted by Gasteiger charge is 2.16. The topological polar surface area (TPSA) is 55.1 Å². The molecule has 0 aromatic heterocycles. The van der Waals surface area contributed by atoms with Gasteiger partial charge in [0.25, 0.3) is 0 Å². The average Bonchev–Trinajstić information content (AvgIpc) is 2.26. The van der Waals surface area contributed by atoms with Gasteiger partial charge >= 0.3 is 0 Å². The maximum Gasteiger partial charge on any atom is 0.237 e. The molecule has 1 amide bonds. The lowest BCUT2D eigenvalue weighted by molar-refractivity contribution is -0.123. The van der Waals surface area contributed by atoms with E-state index in [4.69, 9.17) is 5.73 Å². The first kappa shape index (κ1) is 14.7. The van der Waals surface area contributed by atoms with Crippen molar-refractivity contribution in [2.24, 2.45) is 11.7 Å². The number of carbonyl (C=O) groups excluding carboxylic acids is 1. The van der Waals surface area contributed by atoms with E-state index in [-0.39, 0.29) is 11.8 Å². The molecule has 0 aliphatic carbocycles. The van der Waals surface area contributed by atoms with Crippen molar-refractivity contribution in [3.05, 3.63) is 34.9 Å². The molecule has 1 aromatic rings. The smallest absolute Gasteiger partial charge is 0.237 e. The third-order valence-electron chi connectivity index (χ3n) is 3.02. The van der Waals surface area contributed by atoms with Gasteiger partial charge in [0.05, 0.1) is 6.04 Å². The number of amides is 1. The van der Waals surface area contributed by atoms with Crippen LogP contribution in [-0.4, -0.2) is 18.5 Å². The minimum Gasteiger partial charge on any atom is -0.354 e. The standard InChI is InChI=1S/C15H24N2O/c1-10(2)14(16)15(18)17-6-5-13-8-11(3)7-12(4)9-13/h7-10,14H,5-6,16H2,1-4H3,(H,17,18)/t14-/m0/s1. The molecule has 0 bridgehead atoms. The first-order valence-corrected chi connectivity index (χ1v) is 6.50. The average molecular weight is 248 g/mol. The van der Waals surface area contributed by atoms with E-state index in [2.05, 4.69) is 37.4 Å². The summed E-state index contributed by atoms with van der Waals surface area (Å²) < 4.78 is 0. The van der Waals surface area contributed by atoms with Crippen LogP contribution in [0.1, 0.15) is 30.5 Å². The summed E-state index contributed by atoms with van der Waals surface area (Å²) in [5.41, 5.74) is 9.55. The summed E-state index contributed by atoms with van der Waals surface area (Å²) in [5, 5.41) is 2.89. The Balaban J connectivity index is 2.44. The highest BCUT2D eigenvalue weighted by Crippen LogP contribution is 2.09. The largest absolute Gasteiger partial charge is 0.354 e. The molecule has 0 aliphatic rings. The Morgan fingerprint density at radius 1 is 1.22 bits per heavy atom. The second-order valence-electron chi connectivity index (χ2n) is 5.31. The Morgan fingerprint density at radius 3 is 2.28 bits per heavy atom. The molecule has 0 fully saturated rings. The van der Waals surface area contributed by atoms with Crippen LogP contribution in [0.15, 0.2) is 18.2 Å². The minimum absolute atomic E-state index is 0.0608. The van der Waals surface area contributed by atoms with Crippen molar-refractivity contribution in [2.45, 2.75) is 40.2 Å². The molecule has 100 valence electrons. The van der Waals surface area contributed by atoms with Crippen LogP contribution in [0.2, 0.25) is 0 Å². The lowest BCUT2D eigenvalue weighted by Gasteiger charge is -2.15. The van der Waals surface area contributed by atoms with Gasteiger partial charge in [-0.15, -0.1) is 0 Å². The zero-order valence-electron chi connectivity index (χ0n) is 11.8. The Labute approximate surface area is 110 Å². The molecule has 0 aliphatic heterocycles. The molecule has 0 saturated heterocycles. The monoisotopic (exact) mass is 248 g/mol. The molecule has 0 unspecified atom stereocenters. The van der Waals surface area contributed by atoms with Gasteiger partial charge in [0.15, 0.2) is 0 Å². The van der Waals surface area contributed by atoms with Crippen molar-refractivity contribution in [1.82, 2.24) is 5.32 Å². The van der Waals surface area contributed by atoms with Crippen molar-refractivity contribution in [2.75, 3.05) is 6.54 Å². The number of aryl methyl sites for hydroxylation is 2.